The summed E-state index contributed by atoms with van der Waals surface area (Å²) in [6, 6.07) is 10.6. The second kappa shape index (κ2) is 8.44. The van der Waals surface area contributed by atoms with Gasteiger partial charge in [0, 0.05) is 23.1 Å². The first-order valence-corrected chi connectivity index (χ1v) is 12.7. The molecule has 11 heteroatoms. The van der Waals surface area contributed by atoms with Crippen LogP contribution >= 0.6 is 11.8 Å². The minimum Gasteiger partial charge on any atom is -0.325 e. The molecule has 4 N–H and O–H groups in total. The Morgan fingerprint density at radius 2 is 1.76 bits per heavy atom. The van der Waals surface area contributed by atoms with Gasteiger partial charge in [0.15, 0.2) is 0 Å². The number of benzene rings is 2. The number of hydrogen-bond donors (Lipinski definition) is 3. The van der Waals surface area contributed by atoms with Gasteiger partial charge in [-0.05, 0) is 42.3 Å². The van der Waals surface area contributed by atoms with Crippen molar-refractivity contribution in [2.45, 2.75) is 39.7 Å². The van der Waals surface area contributed by atoms with Gasteiger partial charge in [0.2, 0.25) is 26.0 Å². The van der Waals surface area contributed by atoms with Gasteiger partial charge in [-0.25, -0.2) is 26.7 Å². The highest BCUT2D eigenvalue weighted by molar-refractivity contribution is 8.00. The van der Waals surface area contributed by atoms with Gasteiger partial charge in [0.25, 0.3) is 0 Å². The molecular weight excluding hydrogens is 434 g/mol. The molecule has 0 fully saturated rings. The summed E-state index contributed by atoms with van der Waals surface area (Å²) in [5.74, 6) is -0.144. The summed E-state index contributed by atoms with van der Waals surface area (Å²) in [6.45, 7) is 2.08. The molecule has 1 heterocycles. The lowest BCUT2D eigenvalue weighted by atomic mass is 10.2. The number of nitrogens with two attached hydrogens (primary N) is 1. The average Bonchev–Trinajstić information content (AvgIpc) is 2.76. The Kier molecular flexibility index (Phi) is 6.34. The second-order valence-corrected chi connectivity index (χ2v) is 11.5. The number of hydrogen-bond acceptors (Lipinski definition) is 6. The van der Waals surface area contributed by atoms with Crippen LogP contribution in [-0.4, -0.2) is 34.5 Å². The molecule has 1 amide bonds. The minimum absolute atomic E-state index is 0.000966. The number of rotatable bonds is 6. The monoisotopic (exact) mass is 455 g/mol. The number of thioether (sulfide) groups is 1. The van der Waals surface area contributed by atoms with Gasteiger partial charge in [0.1, 0.15) is 0 Å². The fraction of sp³-hybridized carbons (Fsp3) is 0.278. The van der Waals surface area contributed by atoms with E-state index in [1.807, 2.05) is 6.92 Å². The Morgan fingerprint density at radius 1 is 1.10 bits per heavy atom. The van der Waals surface area contributed by atoms with Crippen molar-refractivity contribution in [3.05, 3.63) is 48.0 Å². The average molecular weight is 456 g/mol. The Morgan fingerprint density at radius 3 is 2.41 bits per heavy atom. The van der Waals surface area contributed by atoms with Gasteiger partial charge in [-0.2, -0.15) is 0 Å². The van der Waals surface area contributed by atoms with Crippen LogP contribution in [0.3, 0.4) is 0 Å². The molecule has 156 valence electrons. The zero-order valence-corrected chi connectivity index (χ0v) is 18.0. The van der Waals surface area contributed by atoms with Crippen LogP contribution in [0.4, 0.5) is 5.69 Å². The Labute approximate surface area is 174 Å². The zero-order chi connectivity index (χ0) is 21.2. The highest BCUT2D eigenvalue weighted by Gasteiger charge is 2.22. The molecule has 2 aromatic carbocycles. The fourth-order valence-electron chi connectivity index (χ4n) is 2.86. The van der Waals surface area contributed by atoms with E-state index >= 15 is 0 Å². The summed E-state index contributed by atoms with van der Waals surface area (Å²) < 4.78 is 50.3. The van der Waals surface area contributed by atoms with Crippen molar-refractivity contribution in [3.8, 4) is 0 Å². The highest BCUT2D eigenvalue weighted by atomic mass is 32.2. The quantitative estimate of drug-likeness (QED) is 0.606. The van der Waals surface area contributed by atoms with E-state index in [1.54, 1.807) is 18.2 Å². The molecule has 2 aromatic rings. The summed E-state index contributed by atoms with van der Waals surface area (Å²) in [6.07, 6.45) is 0.739. The summed E-state index contributed by atoms with van der Waals surface area (Å²) in [7, 11) is -7.52. The highest BCUT2D eigenvalue weighted by Crippen LogP contribution is 2.36. The van der Waals surface area contributed by atoms with E-state index in [4.69, 9.17) is 5.14 Å². The molecule has 3 rings (SSSR count). The SMILES string of the molecule is C[C@H]1CC(=O)Nc2cc(S(=O)(=O)NCCc3ccc(S(N)(=O)=O)cc3)ccc2S1. The van der Waals surface area contributed by atoms with Crippen LogP contribution in [0.5, 0.6) is 0 Å². The van der Waals surface area contributed by atoms with Crippen molar-refractivity contribution >= 4 is 43.4 Å². The smallest absolute Gasteiger partial charge is 0.240 e. The van der Waals surface area contributed by atoms with Crippen LogP contribution in [0.2, 0.25) is 0 Å². The summed E-state index contributed by atoms with van der Waals surface area (Å²) in [5.41, 5.74) is 1.26. The molecule has 0 aromatic heterocycles. The maximum absolute atomic E-state index is 12.6. The number of fused-ring (bicyclic) bond motifs is 1. The molecule has 0 saturated carbocycles. The third-order valence-electron chi connectivity index (χ3n) is 4.29. The number of carbonyl (C=O) groups is 1. The molecule has 0 saturated heterocycles. The molecule has 1 atom stereocenters. The number of primary sulfonamides is 1. The largest absolute Gasteiger partial charge is 0.325 e. The molecule has 1 aliphatic heterocycles. The van der Waals surface area contributed by atoms with Gasteiger partial charge in [0.05, 0.1) is 15.5 Å². The van der Waals surface area contributed by atoms with Crippen LogP contribution in [-0.2, 0) is 31.3 Å². The number of anilines is 1. The summed E-state index contributed by atoms with van der Waals surface area (Å²) >= 11 is 1.52. The fourth-order valence-corrected chi connectivity index (χ4v) is 5.48. The Hall–Kier alpha value is -1.92. The second-order valence-electron chi connectivity index (χ2n) is 6.68. The Balaban J connectivity index is 1.68. The predicted molar refractivity (Wildman–Crippen MR) is 112 cm³/mol. The Bertz CT molecular complexity index is 1130. The van der Waals surface area contributed by atoms with Crippen molar-refractivity contribution in [1.29, 1.82) is 0 Å². The van der Waals surface area contributed by atoms with Crippen LogP contribution in [0.1, 0.15) is 18.9 Å². The normalized spacial score (nSPS) is 17.3. The lowest BCUT2D eigenvalue weighted by Gasteiger charge is -2.11. The molecule has 0 unspecified atom stereocenters. The first-order valence-electron chi connectivity index (χ1n) is 8.76. The van der Waals surface area contributed by atoms with Crippen molar-refractivity contribution in [1.82, 2.24) is 4.72 Å². The molecule has 29 heavy (non-hydrogen) atoms. The molecule has 0 radical (unpaired) electrons. The summed E-state index contributed by atoms with van der Waals surface area (Å²) in [4.78, 5) is 12.8. The van der Waals surface area contributed by atoms with Crippen LogP contribution in [0, 0.1) is 0 Å². The van der Waals surface area contributed by atoms with Crippen LogP contribution in [0.15, 0.2) is 57.2 Å². The van der Waals surface area contributed by atoms with Gasteiger partial charge in [-0.1, -0.05) is 19.1 Å². The number of sulfonamides is 2. The van der Waals surface area contributed by atoms with E-state index in [9.17, 15) is 21.6 Å². The molecule has 0 aliphatic carbocycles. The number of amides is 1. The third-order valence-corrected chi connectivity index (χ3v) is 7.86. The molecule has 0 spiro atoms. The van der Waals surface area contributed by atoms with E-state index < -0.39 is 20.0 Å². The van der Waals surface area contributed by atoms with Crippen LogP contribution < -0.4 is 15.2 Å². The van der Waals surface area contributed by atoms with Crippen molar-refractivity contribution < 1.29 is 21.6 Å². The lowest BCUT2D eigenvalue weighted by molar-refractivity contribution is -0.116. The van der Waals surface area contributed by atoms with Gasteiger partial charge in [-0.3, -0.25) is 4.79 Å². The van der Waals surface area contributed by atoms with E-state index in [-0.39, 0.29) is 27.5 Å². The summed E-state index contributed by atoms with van der Waals surface area (Å²) in [5, 5.41) is 7.92. The molecule has 0 bridgehead atoms. The lowest BCUT2D eigenvalue weighted by Crippen LogP contribution is -2.26. The van der Waals surface area contributed by atoms with Crippen molar-refractivity contribution in [2.75, 3.05) is 11.9 Å². The molecular formula is C18H21N3O5S3. The van der Waals surface area contributed by atoms with Crippen molar-refractivity contribution in [2.24, 2.45) is 5.14 Å². The van der Waals surface area contributed by atoms with Gasteiger partial charge < -0.3 is 5.32 Å². The topological polar surface area (TPSA) is 135 Å². The van der Waals surface area contributed by atoms with E-state index in [0.29, 0.717) is 18.5 Å². The first-order chi connectivity index (χ1) is 13.5. The molecule has 8 nitrogen and oxygen atoms in total. The van der Waals surface area contributed by atoms with Crippen molar-refractivity contribution in [3.63, 3.8) is 0 Å². The predicted octanol–water partition coefficient (Wildman–Crippen LogP) is 1.68. The number of nitrogens with one attached hydrogen (secondary N) is 2. The number of carbonyl (C=O) groups excluding carboxylic acids is 1. The van der Waals surface area contributed by atoms with Gasteiger partial charge in [-0.15, -0.1) is 11.8 Å². The van der Waals surface area contributed by atoms with E-state index in [0.717, 1.165) is 10.5 Å². The maximum atomic E-state index is 12.6. The standard InChI is InChI=1S/C18H21N3O5S3/c1-12-10-18(22)21-16-11-15(6-7-17(16)27-12)29(25,26)20-9-8-13-2-4-14(5-3-13)28(19,23)24/h2-7,11-12,20H,8-10H2,1H3,(H,21,22)(H2,19,23,24)/t12-/m0/s1. The van der Waals surface area contributed by atoms with Crippen LogP contribution in [0.25, 0.3) is 0 Å². The van der Waals surface area contributed by atoms with E-state index in [1.165, 1.54) is 36.0 Å². The first kappa shape index (κ1) is 21.8. The zero-order valence-electron chi connectivity index (χ0n) is 15.6. The minimum atomic E-state index is -3.76. The molecule has 1 aliphatic rings. The third kappa shape index (κ3) is 5.58. The van der Waals surface area contributed by atoms with Gasteiger partial charge >= 0.3 is 0 Å². The van der Waals surface area contributed by atoms with E-state index in [2.05, 4.69) is 10.0 Å². The maximum Gasteiger partial charge on any atom is 0.240 e.